The van der Waals surface area contributed by atoms with E-state index in [0.29, 0.717) is 12.1 Å². The molecule has 0 saturated carbocycles. The monoisotopic (exact) mass is 310 g/mol. The van der Waals surface area contributed by atoms with E-state index in [9.17, 15) is 9.59 Å². The first kappa shape index (κ1) is 16.9. The second-order valence-corrected chi connectivity index (χ2v) is 5.80. The lowest BCUT2D eigenvalue weighted by atomic mass is 10.1. The molecule has 0 heterocycles. The Labute approximate surface area is 137 Å². The quantitative estimate of drug-likeness (QED) is 0.659. The van der Waals surface area contributed by atoms with Gasteiger partial charge < -0.3 is 10.2 Å². The lowest BCUT2D eigenvalue weighted by Gasteiger charge is -2.25. The van der Waals surface area contributed by atoms with Crippen molar-refractivity contribution < 1.29 is 9.59 Å². The molecular weight excluding hydrogens is 288 g/mol. The van der Waals surface area contributed by atoms with Crippen molar-refractivity contribution in [2.75, 3.05) is 20.6 Å². The number of carbonyl (C=O) groups is 2. The lowest BCUT2D eigenvalue weighted by Crippen LogP contribution is -2.38. The molecule has 0 fully saturated rings. The van der Waals surface area contributed by atoms with Crippen molar-refractivity contribution in [1.82, 2.24) is 10.2 Å². The minimum Gasteiger partial charge on any atom is -0.347 e. The Balaban J connectivity index is 2.01. The van der Waals surface area contributed by atoms with E-state index in [2.05, 4.69) is 5.32 Å². The van der Waals surface area contributed by atoms with E-state index in [-0.39, 0.29) is 6.04 Å². The number of nitrogens with zero attached hydrogens (tertiary/aromatic N) is 1. The molecule has 0 aliphatic carbocycles. The lowest BCUT2D eigenvalue weighted by molar-refractivity contribution is -0.117. The van der Waals surface area contributed by atoms with Crippen LogP contribution in [0.15, 0.2) is 54.6 Å². The second kappa shape index (κ2) is 7.70. The van der Waals surface area contributed by atoms with Gasteiger partial charge in [-0.3, -0.25) is 9.59 Å². The van der Waals surface area contributed by atoms with Gasteiger partial charge in [-0.15, -0.1) is 0 Å². The molecule has 2 aromatic rings. The van der Waals surface area contributed by atoms with Gasteiger partial charge in [0.05, 0.1) is 6.04 Å². The Bertz CT molecular complexity index is 664. The van der Waals surface area contributed by atoms with Crippen LogP contribution in [0.1, 0.15) is 27.5 Å². The Hall–Kier alpha value is -2.46. The zero-order valence-electron chi connectivity index (χ0n) is 13.7. The number of carbonyl (C=O) groups excluding carboxylic acids is 2. The van der Waals surface area contributed by atoms with Gasteiger partial charge in [-0.25, -0.2) is 0 Å². The summed E-state index contributed by atoms with van der Waals surface area (Å²) >= 11 is 0. The number of nitrogens with one attached hydrogen (secondary N) is 1. The SMILES string of the molecule is Cc1ccc(C(=O)C(=O)NCC(c2ccccc2)N(C)C)cc1. The van der Waals surface area contributed by atoms with Gasteiger partial charge in [-0.2, -0.15) is 0 Å². The molecule has 1 N–H and O–H groups in total. The first-order valence-corrected chi connectivity index (χ1v) is 7.59. The van der Waals surface area contributed by atoms with Crippen LogP contribution < -0.4 is 5.32 Å². The highest BCUT2D eigenvalue weighted by atomic mass is 16.2. The molecule has 23 heavy (non-hydrogen) atoms. The fourth-order valence-electron chi connectivity index (χ4n) is 2.38. The normalized spacial score (nSPS) is 12.0. The number of rotatable bonds is 6. The summed E-state index contributed by atoms with van der Waals surface area (Å²) < 4.78 is 0. The molecule has 1 amide bonds. The molecule has 4 heteroatoms. The zero-order chi connectivity index (χ0) is 16.8. The number of likely N-dealkylation sites (N-methyl/N-ethyl adjacent to an activating group) is 1. The number of ketones is 1. The van der Waals surface area contributed by atoms with Crippen molar-refractivity contribution in [2.45, 2.75) is 13.0 Å². The minimum atomic E-state index is -0.573. The summed E-state index contributed by atoms with van der Waals surface area (Å²) in [4.78, 5) is 26.3. The molecule has 2 aromatic carbocycles. The summed E-state index contributed by atoms with van der Waals surface area (Å²) in [6.07, 6.45) is 0. The standard InChI is InChI=1S/C19H22N2O2/c1-14-9-11-16(12-10-14)18(22)19(23)20-13-17(21(2)3)15-7-5-4-6-8-15/h4-12,17H,13H2,1-3H3,(H,20,23). The first-order valence-electron chi connectivity index (χ1n) is 7.59. The summed E-state index contributed by atoms with van der Waals surface area (Å²) in [6, 6.07) is 16.9. The van der Waals surface area contributed by atoms with E-state index >= 15 is 0 Å². The Morgan fingerprint density at radius 3 is 2.17 bits per heavy atom. The summed E-state index contributed by atoms with van der Waals surface area (Å²) in [5, 5.41) is 2.75. The van der Waals surface area contributed by atoms with E-state index in [1.165, 1.54) is 0 Å². The topological polar surface area (TPSA) is 49.4 Å². The number of hydrogen-bond donors (Lipinski definition) is 1. The molecule has 1 atom stereocenters. The summed E-state index contributed by atoms with van der Waals surface area (Å²) in [6.45, 7) is 2.32. The molecule has 0 radical (unpaired) electrons. The van der Waals surface area contributed by atoms with Crippen molar-refractivity contribution in [3.8, 4) is 0 Å². The molecule has 0 spiro atoms. The molecule has 120 valence electrons. The fourth-order valence-corrected chi connectivity index (χ4v) is 2.38. The molecule has 0 aliphatic rings. The molecule has 0 aromatic heterocycles. The van der Waals surface area contributed by atoms with Crippen molar-refractivity contribution in [3.05, 3.63) is 71.3 Å². The predicted molar refractivity (Wildman–Crippen MR) is 91.4 cm³/mol. The number of hydrogen-bond acceptors (Lipinski definition) is 3. The first-order chi connectivity index (χ1) is 11.0. The van der Waals surface area contributed by atoms with Crippen molar-refractivity contribution in [2.24, 2.45) is 0 Å². The van der Waals surface area contributed by atoms with Crippen molar-refractivity contribution in [3.63, 3.8) is 0 Å². The van der Waals surface area contributed by atoms with Gasteiger partial charge in [0.25, 0.3) is 5.91 Å². The van der Waals surface area contributed by atoms with Crippen LogP contribution in [0.3, 0.4) is 0 Å². The number of amides is 1. The number of aryl methyl sites for hydroxylation is 1. The van der Waals surface area contributed by atoms with Crippen LogP contribution in [0.4, 0.5) is 0 Å². The van der Waals surface area contributed by atoms with Crippen LogP contribution in [0.5, 0.6) is 0 Å². The maximum absolute atomic E-state index is 12.1. The third kappa shape index (κ3) is 4.50. The highest BCUT2D eigenvalue weighted by Gasteiger charge is 2.19. The zero-order valence-corrected chi connectivity index (χ0v) is 13.7. The van der Waals surface area contributed by atoms with Crippen LogP contribution in [0.2, 0.25) is 0 Å². The molecule has 4 nitrogen and oxygen atoms in total. The molecule has 0 bridgehead atoms. The van der Waals surface area contributed by atoms with E-state index in [0.717, 1.165) is 11.1 Å². The summed E-state index contributed by atoms with van der Waals surface area (Å²) in [7, 11) is 3.90. The van der Waals surface area contributed by atoms with Gasteiger partial charge in [0, 0.05) is 12.1 Å². The second-order valence-electron chi connectivity index (χ2n) is 5.80. The average molecular weight is 310 g/mol. The fraction of sp³-hybridized carbons (Fsp3) is 0.263. The van der Waals surface area contributed by atoms with E-state index in [1.54, 1.807) is 12.1 Å². The maximum Gasteiger partial charge on any atom is 0.292 e. The van der Waals surface area contributed by atoms with Crippen LogP contribution >= 0.6 is 0 Å². The maximum atomic E-state index is 12.1. The molecule has 0 saturated heterocycles. The number of Topliss-reactive ketones (excluding diaryl/α,β-unsaturated/α-hetero) is 1. The van der Waals surface area contributed by atoms with Gasteiger partial charge in [0.15, 0.2) is 0 Å². The highest BCUT2D eigenvalue weighted by Crippen LogP contribution is 2.16. The third-order valence-electron chi connectivity index (χ3n) is 3.78. The van der Waals surface area contributed by atoms with Gasteiger partial charge in [-0.1, -0.05) is 60.2 Å². The third-order valence-corrected chi connectivity index (χ3v) is 3.78. The highest BCUT2D eigenvalue weighted by molar-refractivity contribution is 6.42. The van der Waals surface area contributed by atoms with Crippen LogP contribution in [0, 0.1) is 6.92 Å². The molecule has 1 unspecified atom stereocenters. The minimum absolute atomic E-state index is 0.0194. The largest absolute Gasteiger partial charge is 0.347 e. The van der Waals surface area contributed by atoms with Gasteiger partial charge in [0.1, 0.15) is 0 Å². The van der Waals surface area contributed by atoms with Crippen molar-refractivity contribution in [1.29, 1.82) is 0 Å². The average Bonchev–Trinajstić information content (AvgIpc) is 2.55. The smallest absolute Gasteiger partial charge is 0.292 e. The summed E-state index contributed by atoms with van der Waals surface area (Å²) in [5.41, 5.74) is 2.56. The number of benzene rings is 2. The summed E-state index contributed by atoms with van der Waals surface area (Å²) in [5.74, 6) is -1.08. The van der Waals surface area contributed by atoms with Crippen LogP contribution in [-0.4, -0.2) is 37.2 Å². The predicted octanol–water partition coefficient (Wildman–Crippen LogP) is 2.60. The van der Waals surface area contributed by atoms with E-state index in [1.807, 2.05) is 68.4 Å². The van der Waals surface area contributed by atoms with E-state index < -0.39 is 11.7 Å². The Morgan fingerprint density at radius 2 is 1.61 bits per heavy atom. The van der Waals surface area contributed by atoms with Gasteiger partial charge in [0.2, 0.25) is 5.78 Å². The molecule has 2 rings (SSSR count). The van der Waals surface area contributed by atoms with Gasteiger partial charge in [-0.05, 0) is 26.6 Å². The van der Waals surface area contributed by atoms with Crippen LogP contribution in [-0.2, 0) is 4.79 Å². The van der Waals surface area contributed by atoms with Crippen LogP contribution in [0.25, 0.3) is 0 Å². The molecule has 0 aliphatic heterocycles. The molecular formula is C19H22N2O2. The van der Waals surface area contributed by atoms with E-state index in [4.69, 9.17) is 0 Å². The Morgan fingerprint density at radius 1 is 1.00 bits per heavy atom. The Kier molecular flexibility index (Phi) is 5.66. The van der Waals surface area contributed by atoms with Gasteiger partial charge >= 0.3 is 0 Å². The van der Waals surface area contributed by atoms with Crippen molar-refractivity contribution >= 4 is 11.7 Å².